The van der Waals surface area contributed by atoms with Crippen LogP contribution in [0.15, 0.2) is 42.6 Å². The predicted octanol–water partition coefficient (Wildman–Crippen LogP) is 4.49. The molecule has 0 saturated carbocycles. The van der Waals surface area contributed by atoms with Crippen LogP contribution in [-0.2, 0) is 6.42 Å². The molecule has 1 nitrogen and oxygen atoms in total. The number of rotatable bonds is 4. The normalized spacial score (nSPS) is 12.1. The van der Waals surface area contributed by atoms with Crippen LogP contribution in [0.1, 0.15) is 37.6 Å². The highest BCUT2D eigenvalue weighted by Crippen LogP contribution is 2.20. The Labute approximate surface area is 105 Å². The summed E-state index contributed by atoms with van der Waals surface area (Å²) in [5.41, 5.74) is 5.71. The van der Waals surface area contributed by atoms with Gasteiger partial charge in [-0.25, -0.2) is 0 Å². The number of aryl methyl sites for hydroxylation is 2. The molecular weight excluding hydrogens is 206 g/mol. The Morgan fingerprint density at radius 2 is 2.18 bits per heavy atom. The number of allylic oxidation sites excluding steroid dienone is 5. The van der Waals surface area contributed by atoms with Crippen molar-refractivity contribution in [3.05, 3.63) is 59.5 Å². The maximum atomic E-state index is 4.56. The Hall–Kier alpha value is -1.63. The van der Waals surface area contributed by atoms with Gasteiger partial charge in [-0.15, -0.1) is 0 Å². The summed E-state index contributed by atoms with van der Waals surface area (Å²) in [7, 11) is 0. The van der Waals surface area contributed by atoms with E-state index < -0.39 is 0 Å². The Morgan fingerprint density at radius 1 is 1.47 bits per heavy atom. The quantitative estimate of drug-likeness (QED) is 0.691. The highest BCUT2D eigenvalue weighted by atomic mass is 14.7. The Morgan fingerprint density at radius 3 is 2.65 bits per heavy atom. The summed E-state index contributed by atoms with van der Waals surface area (Å²) >= 11 is 0. The first kappa shape index (κ1) is 13.4. The average Bonchev–Trinajstić information content (AvgIpc) is 2.27. The molecule has 0 unspecified atom stereocenters. The minimum atomic E-state index is 1.03. The van der Waals surface area contributed by atoms with Crippen LogP contribution >= 0.6 is 0 Å². The van der Waals surface area contributed by atoms with Crippen molar-refractivity contribution in [3.8, 4) is 0 Å². The van der Waals surface area contributed by atoms with Gasteiger partial charge in [0.1, 0.15) is 0 Å². The zero-order chi connectivity index (χ0) is 12.8. The highest BCUT2D eigenvalue weighted by molar-refractivity contribution is 5.75. The third kappa shape index (κ3) is 3.70. The molecule has 0 fully saturated rings. The molecule has 0 radical (unpaired) electrons. The molecule has 0 atom stereocenters. The third-order valence-corrected chi connectivity index (χ3v) is 2.56. The molecule has 0 bridgehead atoms. The van der Waals surface area contributed by atoms with Crippen LogP contribution in [0, 0.1) is 6.92 Å². The van der Waals surface area contributed by atoms with Gasteiger partial charge in [-0.1, -0.05) is 43.4 Å². The predicted molar refractivity (Wildman–Crippen MR) is 76.0 cm³/mol. The lowest BCUT2D eigenvalue weighted by molar-refractivity contribution is 1.08. The van der Waals surface area contributed by atoms with Gasteiger partial charge < -0.3 is 0 Å². The van der Waals surface area contributed by atoms with Crippen molar-refractivity contribution >= 4 is 5.57 Å². The fourth-order valence-corrected chi connectivity index (χ4v) is 1.77. The standard InChI is InChI=1S/C16H21N/c1-6-8-15(9-12(3)4)16-13(5)10-14(7-2)11-17-16/h6,8-11H,3,7H2,1-2,4-5H3/b8-6-,15-9+. The van der Waals surface area contributed by atoms with E-state index in [2.05, 4.69) is 43.6 Å². The van der Waals surface area contributed by atoms with Crippen LogP contribution in [0.5, 0.6) is 0 Å². The SMILES string of the molecule is C=C(C)/C=C(\C=C/C)c1ncc(CC)cc1C. The van der Waals surface area contributed by atoms with Crippen molar-refractivity contribution in [1.29, 1.82) is 0 Å². The Balaban J connectivity index is 3.24. The molecule has 0 aliphatic rings. The van der Waals surface area contributed by atoms with Gasteiger partial charge in [0.25, 0.3) is 0 Å². The fraction of sp³-hybridized carbons (Fsp3) is 0.312. The molecule has 1 heteroatoms. The molecular formula is C16H21N. The van der Waals surface area contributed by atoms with Gasteiger partial charge >= 0.3 is 0 Å². The lowest BCUT2D eigenvalue weighted by Crippen LogP contribution is -1.95. The summed E-state index contributed by atoms with van der Waals surface area (Å²) in [5.74, 6) is 0. The maximum Gasteiger partial charge on any atom is 0.0731 e. The van der Waals surface area contributed by atoms with E-state index in [-0.39, 0.29) is 0 Å². The second-order valence-corrected chi connectivity index (χ2v) is 4.31. The second kappa shape index (κ2) is 6.19. The fourth-order valence-electron chi connectivity index (χ4n) is 1.77. The molecule has 0 aromatic carbocycles. The largest absolute Gasteiger partial charge is 0.256 e. The van der Waals surface area contributed by atoms with Crippen molar-refractivity contribution in [2.24, 2.45) is 0 Å². The zero-order valence-electron chi connectivity index (χ0n) is 11.2. The summed E-state index contributed by atoms with van der Waals surface area (Å²) in [4.78, 5) is 4.56. The van der Waals surface area contributed by atoms with Gasteiger partial charge in [0.15, 0.2) is 0 Å². The van der Waals surface area contributed by atoms with E-state index in [0.29, 0.717) is 0 Å². The van der Waals surface area contributed by atoms with E-state index >= 15 is 0 Å². The minimum Gasteiger partial charge on any atom is -0.256 e. The Kier molecular flexibility index (Phi) is 4.89. The van der Waals surface area contributed by atoms with Crippen molar-refractivity contribution < 1.29 is 0 Å². The van der Waals surface area contributed by atoms with E-state index in [1.54, 1.807) is 0 Å². The zero-order valence-corrected chi connectivity index (χ0v) is 11.2. The van der Waals surface area contributed by atoms with E-state index in [4.69, 9.17) is 0 Å². The highest BCUT2D eigenvalue weighted by Gasteiger charge is 2.04. The molecule has 17 heavy (non-hydrogen) atoms. The maximum absolute atomic E-state index is 4.56. The van der Waals surface area contributed by atoms with E-state index in [1.807, 2.05) is 26.1 Å². The first-order valence-corrected chi connectivity index (χ1v) is 6.04. The van der Waals surface area contributed by atoms with Crippen LogP contribution < -0.4 is 0 Å². The Bertz CT molecular complexity index is 464. The first-order chi connectivity index (χ1) is 8.08. The van der Waals surface area contributed by atoms with Crippen LogP contribution in [0.4, 0.5) is 0 Å². The molecule has 90 valence electrons. The van der Waals surface area contributed by atoms with Crippen LogP contribution in [0.2, 0.25) is 0 Å². The number of hydrogen-bond donors (Lipinski definition) is 0. The van der Waals surface area contributed by atoms with Crippen LogP contribution in [0.3, 0.4) is 0 Å². The molecule has 1 rings (SSSR count). The summed E-state index contributed by atoms with van der Waals surface area (Å²) in [6.45, 7) is 12.2. The average molecular weight is 227 g/mol. The van der Waals surface area contributed by atoms with E-state index in [0.717, 1.165) is 23.3 Å². The van der Waals surface area contributed by atoms with Gasteiger partial charge in [0.2, 0.25) is 0 Å². The van der Waals surface area contributed by atoms with E-state index in [1.165, 1.54) is 11.1 Å². The van der Waals surface area contributed by atoms with Crippen molar-refractivity contribution in [2.75, 3.05) is 0 Å². The molecule has 0 amide bonds. The van der Waals surface area contributed by atoms with E-state index in [9.17, 15) is 0 Å². The summed E-state index contributed by atoms with van der Waals surface area (Å²) < 4.78 is 0. The minimum absolute atomic E-state index is 1.03. The lowest BCUT2D eigenvalue weighted by Gasteiger charge is -2.08. The summed E-state index contributed by atoms with van der Waals surface area (Å²) in [6.07, 6.45) is 9.16. The number of aromatic nitrogens is 1. The van der Waals surface area contributed by atoms with Crippen LogP contribution in [-0.4, -0.2) is 4.98 Å². The number of nitrogens with zero attached hydrogens (tertiary/aromatic N) is 1. The number of pyridine rings is 1. The first-order valence-electron chi connectivity index (χ1n) is 6.04. The molecule has 0 saturated heterocycles. The molecule has 1 aromatic rings. The second-order valence-electron chi connectivity index (χ2n) is 4.31. The van der Waals surface area contributed by atoms with Gasteiger partial charge in [-0.3, -0.25) is 4.98 Å². The van der Waals surface area contributed by atoms with Gasteiger partial charge in [0, 0.05) is 11.8 Å². The molecule has 1 aromatic heterocycles. The molecule has 0 aliphatic heterocycles. The van der Waals surface area contributed by atoms with Gasteiger partial charge in [0.05, 0.1) is 5.69 Å². The van der Waals surface area contributed by atoms with Crippen molar-refractivity contribution in [3.63, 3.8) is 0 Å². The number of hydrogen-bond acceptors (Lipinski definition) is 1. The van der Waals surface area contributed by atoms with Crippen molar-refractivity contribution in [1.82, 2.24) is 4.98 Å². The summed E-state index contributed by atoms with van der Waals surface area (Å²) in [6, 6.07) is 2.21. The summed E-state index contributed by atoms with van der Waals surface area (Å²) in [5, 5.41) is 0. The smallest absolute Gasteiger partial charge is 0.0731 e. The van der Waals surface area contributed by atoms with Crippen molar-refractivity contribution in [2.45, 2.75) is 34.1 Å². The van der Waals surface area contributed by atoms with Gasteiger partial charge in [-0.05, 0) is 38.3 Å². The molecule has 1 heterocycles. The molecule has 0 N–H and O–H groups in total. The molecule has 0 spiro atoms. The topological polar surface area (TPSA) is 12.9 Å². The van der Waals surface area contributed by atoms with Gasteiger partial charge in [-0.2, -0.15) is 0 Å². The molecule has 0 aliphatic carbocycles. The third-order valence-electron chi connectivity index (χ3n) is 2.56. The monoisotopic (exact) mass is 227 g/mol. The van der Waals surface area contributed by atoms with Crippen LogP contribution in [0.25, 0.3) is 5.57 Å². The lowest BCUT2D eigenvalue weighted by atomic mass is 10.0.